The molecule has 0 aliphatic heterocycles. The summed E-state index contributed by atoms with van der Waals surface area (Å²) in [5, 5.41) is 0. The molecule has 0 aliphatic rings. The Hall–Kier alpha value is -3.25. The summed E-state index contributed by atoms with van der Waals surface area (Å²) < 4.78 is 11.4. The Labute approximate surface area is 381 Å². The van der Waals surface area contributed by atoms with Crippen molar-refractivity contribution in [2.24, 2.45) is 11.1 Å². The van der Waals surface area contributed by atoms with E-state index in [4.69, 9.17) is 15.2 Å². The van der Waals surface area contributed by atoms with Gasteiger partial charge in [0.15, 0.2) is 17.3 Å². The second kappa shape index (κ2) is 39.3. The van der Waals surface area contributed by atoms with Crippen molar-refractivity contribution in [1.29, 1.82) is 0 Å². The van der Waals surface area contributed by atoms with E-state index in [1.54, 1.807) is 6.07 Å². The molecule has 62 heavy (non-hydrogen) atoms. The molecule has 0 aromatic heterocycles. The maximum atomic E-state index is 13.2. The second-order valence-electron chi connectivity index (χ2n) is 18.6. The second-order valence-corrected chi connectivity index (χ2v) is 18.6. The highest BCUT2D eigenvalue weighted by atomic mass is 16.6. The Morgan fingerprint density at radius 3 is 1.11 bits per heavy atom. The van der Waals surface area contributed by atoms with E-state index in [-0.39, 0.29) is 30.1 Å². The number of ether oxygens (including phenoxy) is 2. The van der Waals surface area contributed by atoms with Gasteiger partial charge in [0, 0.05) is 18.4 Å². The first-order chi connectivity index (χ1) is 30.1. The van der Waals surface area contributed by atoms with Gasteiger partial charge in [0.2, 0.25) is 0 Å². The molecule has 0 heterocycles. The Kier molecular flexibility index (Phi) is 36.0. The fourth-order valence-corrected chi connectivity index (χ4v) is 7.26. The van der Waals surface area contributed by atoms with Crippen LogP contribution >= 0.6 is 0 Å². The maximum absolute atomic E-state index is 13.2. The zero-order chi connectivity index (χ0) is 45.4. The summed E-state index contributed by atoms with van der Waals surface area (Å²) in [7, 11) is 0. The lowest BCUT2D eigenvalue weighted by molar-refractivity contribution is -0.137. The van der Waals surface area contributed by atoms with Gasteiger partial charge in [-0.2, -0.15) is 0 Å². The smallest absolute Gasteiger partial charge is 0.311 e. The topological polar surface area (TPSA) is 95.7 Å². The third kappa shape index (κ3) is 32.4. The Morgan fingerprint density at radius 2 is 0.774 bits per heavy atom. The molecule has 352 valence electrons. The van der Waals surface area contributed by atoms with E-state index < -0.39 is 23.4 Å². The summed E-state index contributed by atoms with van der Waals surface area (Å²) in [6, 6.07) is 3.86. The van der Waals surface area contributed by atoms with Gasteiger partial charge in [0.25, 0.3) is 0 Å². The summed E-state index contributed by atoms with van der Waals surface area (Å²) in [6.45, 7) is 10.3. The third-order valence-corrected chi connectivity index (χ3v) is 11.5. The summed E-state index contributed by atoms with van der Waals surface area (Å²) in [6.07, 6.45) is 54.7. The number of carbonyl (C=O) groups is 3. The minimum absolute atomic E-state index is 0.0724. The molecule has 2 N–H and O–H groups in total. The molecule has 0 bridgehead atoms. The van der Waals surface area contributed by atoms with Crippen LogP contribution in [0.25, 0.3) is 0 Å². The quantitative estimate of drug-likeness (QED) is 0.0232. The zero-order valence-electron chi connectivity index (χ0n) is 40.7. The fraction of sp³-hybridized carbons (Fsp3) is 0.696. The number of nitrogens with two attached hydrogens (primary N) is 1. The highest BCUT2D eigenvalue weighted by Gasteiger charge is 2.29. The number of allylic oxidation sites excluding steroid dienone is 8. The molecule has 0 spiro atoms. The highest BCUT2D eigenvalue weighted by molar-refractivity contribution is 6.01. The van der Waals surface area contributed by atoms with Crippen molar-refractivity contribution < 1.29 is 23.9 Å². The Morgan fingerprint density at radius 1 is 0.468 bits per heavy atom. The molecule has 0 fully saturated rings. The average molecular weight is 860 g/mol. The normalized spacial score (nSPS) is 12.7. The van der Waals surface area contributed by atoms with Gasteiger partial charge in [-0.1, -0.05) is 173 Å². The molecule has 0 aliphatic carbocycles. The number of hydrogen-bond donors (Lipinski definition) is 1. The van der Waals surface area contributed by atoms with E-state index >= 15 is 0 Å². The van der Waals surface area contributed by atoms with Gasteiger partial charge in [0.05, 0.1) is 6.04 Å². The predicted octanol–water partition coefficient (Wildman–Crippen LogP) is 16.8. The molecule has 1 atom stereocenters. The Balaban J connectivity index is 2.40. The summed E-state index contributed by atoms with van der Waals surface area (Å²) in [5.74, 6) is -0.878. The van der Waals surface area contributed by atoms with Crippen LogP contribution in [0.15, 0.2) is 66.8 Å². The molecule has 6 heteroatoms. The van der Waals surface area contributed by atoms with Gasteiger partial charge in [-0.3, -0.25) is 14.4 Å². The van der Waals surface area contributed by atoms with Crippen molar-refractivity contribution in [2.45, 2.75) is 246 Å². The summed E-state index contributed by atoms with van der Waals surface area (Å²) in [5.41, 5.74) is 6.15. The molecular formula is C56H93NO5. The monoisotopic (exact) mass is 860 g/mol. The maximum Gasteiger partial charge on any atom is 0.311 e. The largest absolute Gasteiger partial charge is 0.423 e. The zero-order valence-corrected chi connectivity index (χ0v) is 40.7. The van der Waals surface area contributed by atoms with Gasteiger partial charge in [0.1, 0.15) is 0 Å². The summed E-state index contributed by atoms with van der Waals surface area (Å²) in [4.78, 5) is 39.0. The van der Waals surface area contributed by atoms with Crippen molar-refractivity contribution in [3.63, 3.8) is 0 Å². The average Bonchev–Trinajstić information content (AvgIpc) is 3.25. The minimum Gasteiger partial charge on any atom is -0.423 e. The van der Waals surface area contributed by atoms with E-state index in [0.29, 0.717) is 18.4 Å². The number of unbranched alkanes of at least 4 members (excludes halogenated alkanes) is 24. The number of ketones is 1. The predicted molar refractivity (Wildman–Crippen MR) is 265 cm³/mol. The molecule has 1 aromatic carbocycles. The fourth-order valence-electron chi connectivity index (χ4n) is 7.26. The molecule has 0 amide bonds. The molecule has 1 aromatic rings. The van der Waals surface area contributed by atoms with Gasteiger partial charge < -0.3 is 15.2 Å². The number of hydrogen-bond acceptors (Lipinski definition) is 6. The van der Waals surface area contributed by atoms with Crippen molar-refractivity contribution in [2.75, 3.05) is 0 Å². The van der Waals surface area contributed by atoms with E-state index in [2.05, 4.69) is 62.5 Å². The number of benzene rings is 1. The van der Waals surface area contributed by atoms with E-state index in [1.807, 2.05) is 20.8 Å². The van der Waals surface area contributed by atoms with Crippen LogP contribution < -0.4 is 15.2 Å². The van der Waals surface area contributed by atoms with Gasteiger partial charge in [-0.05, 0) is 126 Å². The van der Waals surface area contributed by atoms with Crippen LogP contribution in [0.5, 0.6) is 11.5 Å². The van der Waals surface area contributed by atoms with E-state index in [1.165, 1.54) is 166 Å². The molecule has 0 radical (unpaired) electrons. The number of carbonyl (C=O) groups excluding carboxylic acids is 3. The van der Waals surface area contributed by atoms with E-state index in [9.17, 15) is 14.4 Å². The van der Waals surface area contributed by atoms with Crippen molar-refractivity contribution >= 4 is 17.7 Å². The van der Waals surface area contributed by atoms with Gasteiger partial charge >= 0.3 is 11.9 Å². The summed E-state index contributed by atoms with van der Waals surface area (Å²) >= 11 is 0. The first kappa shape index (κ1) is 56.8. The van der Waals surface area contributed by atoms with Gasteiger partial charge in [-0.15, -0.1) is 0 Å². The SMILES string of the molecule is CCCCCCCC/C=C/CCCCCC/C=C/CCCC(=O)Oc1ccc(C(=O)C(N)C(C)(C)C)cc1OC(=O)CCC/C=C/CCCCCC/C=C/CCCCCCCC. The van der Waals surface area contributed by atoms with Crippen LogP contribution in [0.4, 0.5) is 0 Å². The molecule has 0 saturated heterocycles. The van der Waals surface area contributed by atoms with Gasteiger partial charge in [-0.25, -0.2) is 0 Å². The number of esters is 2. The molecular weight excluding hydrogens is 767 g/mol. The third-order valence-electron chi connectivity index (χ3n) is 11.5. The lowest BCUT2D eigenvalue weighted by Gasteiger charge is -2.25. The Bertz CT molecular complexity index is 1400. The van der Waals surface area contributed by atoms with Crippen molar-refractivity contribution in [3.05, 3.63) is 72.4 Å². The minimum atomic E-state index is -0.743. The number of Topliss-reactive ketones (excluding diaryl/α,β-unsaturated/α-hetero) is 1. The van der Waals surface area contributed by atoms with Crippen LogP contribution in [0.3, 0.4) is 0 Å². The van der Waals surface area contributed by atoms with Crippen LogP contribution in [0.2, 0.25) is 0 Å². The molecule has 1 unspecified atom stereocenters. The van der Waals surface area contributed by atoms with Crippen molar-refractivity contribution in [3.8, 4) is 11.5 Å². The first-order valence-electron chi connectivity index (χ1n) is 25.5. The molecule has 6 nitrogen and oxygen atoms in total. The van der Waals surface area contributed by atoms with Crippen LogP contribution in [0.1, 0.15) is 250 Å². The standard InChI is InChI=1S/C56H93NO5/c1-6-8-10-12-14-16-18-20-22-24-26-28-30-32-34-36-38-40-42-44-52(58)61-50-47-46-49(54(60)55(57)56(3,4)5)48-51(50)62-53(59)45-43-41-39-37-35-33-31-29-27-25-23-21-19-17-15-13-11-9-7-2/h20-23,36-39,46-48,55H,6-19,24-35,40-45,57H2,1-5H3/b22-20+,23-21+,38-36+,39-37+. The van der Waals surface area contributed by atoms with Crippen LogP contribution in [0, 0.1) is 5.41 Å². The van der Waals surface area contributed by atoms with Crippen LogP contribution in [-0.2, 0) is 9.59 Å². The van der Waals surface area contributed by atoms with E-state index in [0.717, 1.165) is 25.7 Å². The molecule has 1 rings (SSSR count). The van der Waals surface area contributed by atoms with Crippen LogP contribution in [-0.4, -0.2) is 23.8 Å². The lowest BCUT2D eigenvalue weighted by Crippen LogP contribution is -2.42. The first-order valence-corrected chi connectivity index (χ1v) is 25.5. The molecule has 0 saturated carbocycles. The number of rotatable bonds is 40. The highest BCUT2D eigenvalue weighted by Crippen LogP contribution is 2.31. The lowest BCUT2D eigenvalue weighted by atomic mass is 9.83. The van der Waals surface area contributed by atoms with Crippen molar-refractivity contribution in [1.82, 2.24) is 0 Å².